The Balaban J connectivity index is 1.10. The van der Waals surface area contributed by atoms with Crippen molar-refractivity contribution in [1.82, 2.24) is 14.6 Å². The molecule has 15 nitrogen and oxygen atoms in total. The number of carbonyl (C=O) groups is 1. The molecule has 6 unspecified atom stereocenters. The van der Waals surface area contributed by atoms with E-state index in [1.807, 2.05) is 0 Å². The molecule has 3 aliphatic carbocycles. The normalized spacial score (nSPS) is 27.6. The molecule has 4 fully saturated rings. The minimum absolute atomic E-state index is 0.00826. The number of rotatable bonds is 20. The predicted octanol–water partition coefficient (Wildman–Crippen LogP) is 5.73. The van der Waals surface area contributed by atoms with Gasteiger partial charge in [0.05, 0.1) is 44.3 Å². The molecule has 1 aromatic heterocycles. The van der Waals surface area contributed by atoms with E-state index in [1.165, 1.54) is 25.2 Å². The molecule has 8 atom stereocenters. The fraction of sp³-hybridized carbons (Fsp3) is 0.692. The molecule has 2 saturated heterocycles. The summed E-state index contributed by atoms with van der Waals surface area (Å²) in [5.41, 5.74) is -0.608. The summed E-state index contributed by atoms with van der Waals surface area (Å²) in [7, 11) is -7.80. The first-order valence-electron chi connectivity index (χ1n) is 20.1. The van der Waals surface area contributed by atoms with Crippen LogP contribution in [0, 0.1) is 17.8 Å². The summed E-state index contributed by atoms with van der Waals surface area (Å²) in [4.78, 5) is 19.1. The van der Waals surface area contributed by atoms with E-state index in [4.69, 9.17) is 28.0 Å². The van der Waals surface area contributed by atoms with Crippen LogP contribution in [-0.4, -0.2) is 116 Å². The first kappa shape index (κ1) is 43.4. The number of alkyl carbamates (subject to hydrolysis) is 1. The van der Waals surface area contributed by atoms with Gasteiger partial charge in [0.2, 0.25) is 10.0 Å². The Hall–Kier alpha value is -2.67. The third kappa shape index (κ3) is 9.92. The lowest BCUT2D eigenvalue weighted by Crippen LogP contribution is -2.56. The molecule has 3 heterocycles. The first-order valence-corrected chi connectivity index (χ1v) is 24.1. The van der Waals surface area contributed by atoms with Crippen molar-refractivity contribution in [2.75, 3.05) is 51.2 Å². The van der Waals surface area contributed by atoms with Gasteiger partial charge < -0.3 is 43.7 Å². The summed E-state index contributed by atoms with van der Waals surface area (Å²) in [6, 6.07) is 6.03. The van der Waals surface area contributed by atoms with E-state index >= 15 is 4.39 Å². The maximum Gasteiger partial charge on any atom is 0.407 e. The zero-order valence-electron chi connectivity index (χ0n) is 33.6. The number of anilines is 1. The number of alkyl halides is 1. The van der Waals surface area contributed by atoms with Gasteiger partial charge in [0, 0.05) is 48.2 Å². The number of halogens is 1. The van der Waals surface area contributed by atoms with E-state index in [1.54, 1.807) is 57.2 Å². The molecule has 0 spiro atoms. The number of carbonyl (C=O) groups excluding carboxylic acids is 1. The average Bonchev–Trinajstić information content (AvgIpc) is 3.62. The number of sulfonamides is 1. The van der Waals surface area contributed by atoms with Gasteiger partial charge in [-0.15, -0.1) is 11.3 Å². The van der Waals surface area contributed by atoms with Crippen LogP contribution in [0.25, 0.3) is 6.08 Å². The maximum atomic E-state index is 15.5. The number of hydrogen-bond donors (Lipinski definition) is 3. The van der Waals surface area contributed by atoms with E-state index in [0.29, 0.717) is 36.3 Å². The van der Waals surface area contributed by atoms with Crippen LogP contribution in [0.15, 0.2) is 30.3 Å². The van der Waals surface area contributed by atoms with Gasteiger partial charge in [-0.1, -0.05) is 18.2 Å². The lowest BCUT2D eigenvalue weighted by molar-refractivity contribution is -0.169. The van der Waals surface area contributed by atoms with Crippen molar-refractivity contribution in [2.24, 2.45) is 17.8 Å². The molecule has 1 aromatic carbocycles. The molecule has 1 amide bonds. The summed E-state index contributed by atoms with van der Waals surface area (Å²) in [6.45, 7) is 7.73. The second-order valence-electron chi connectivity index (χ2n) is 16.7. The van der Waals surface area contributed by atoms with Crippen LogP contribution in [0.1, 0.15) is 70.0 Å². The van der Waals surface area contributed by atoms with Gasteiger partial charge in [-0.25, -0.2) is 22.6 Å². The third-order valence-corrected chi connectivity index (χ3v) is 16.5. The Morgan fingerprint density at radius 1 is 1.16 bits per heavy atom. The number of ether oxygens (including phenoxy) is 4. The highest BCUT2D eigenvalue weighted by Crippen LogP contribution is 2.50. The zero-order valence-corrected chi connectivity index (χ0v) is 36.2. The van der Waals surface area contributed by atoms with Crippen LogP contribution in [0.4, 0.5) is 14.3 Å². The van der Waals surface area contributed by atoms with E-state index < -0.39 is 65.5 Å². The number of aromatic nitrogens is 1. The summed E-state index contributed by atoms with van der Waals surface area (Å²) in [5, 5.41) is 18.9. The Bertz CT molecular complexity index is 1950. The Kier molecular flexibility index (Phi) is 13.0. The molecule has 5 aliphatic rings. The lowest BCUT2D eigenvalue weighted by Gasteiger charge is -2.38. The van der Waals surface area contributed by atoms with Gasteiger partial charge >= 0.3 is 13.7 Å². The average molecular weight is 871 g/mol. The minimum Gasteiger partial charge on any atom is -0.481 e. The van der Waals surface area contributed by atoms with Crippen molar-refractivity contribution in [3.8, 4) is 5.75 Å². The van der Waals surface area contributed by atoms with Crippen molar-refractivity contribution in [2.45, 2.75) is 108 Å². The quantitative estimate of drug-likeness (QED) is 0.137. The van der Waals surface area contributed by atoms with Gasteiger partial charge in [-0.05, 0) is 84.1 Å². The van der Waals surface area contributed by atoms with E-state index in [2.05, 4.69) is 15.6 Å². The first-order chi connectivity index (χ1) is 27.5. The summed E-state index contributed by atoms with van der Waals surface area (Å²) in [6.07, 6.45) is 3.08. The second-order valence-corrected chi connectivity index (χ2v) is 22.2. The number of hydrogen-bond acceptors (Lipinski definition) is 14. The van der Waals surface area contributed by atoms with Crippen LogP contribution in [-0.2, 0) is 50.7 Å². The van der Waals surface area contributed by atoms with Crippen LogP contribution in [0.2, 0.25) is 0 Å². The SMILES string of the molecule is CCOP(=O)(COc1ccc(C[C@H](NC(=O)OC2C3COC4OCC2C4C3)[C@H](O)CN(CC(C)(C)F)S(=O)(=O)C2(C)C=Cc3nc(NC4CC4)sc3C2)cc1)OCC. The summed E-state index contributed by atoms with van der Waals surface area (Å²) < 4.78 is 91.3. The van der Waals surface area contributed by atoms with Crippen molar-refractivity contribution >= 4 is 46.3 Å². The molecular formula is C39H56FN4O11PS2. The van der Waals surface area contributed by atoms with Crippen LogP contribution in [0.5, 0.6) is 5.75 Å². The molecule has 2 bridgehead atoms. The van der Waals surface area contributed by atoms with Gasteiger partial charge in [-0.2, -0.15) is 4.31 Å². The Morgan fingerprint density at radius 3 is 2.53 bits per heavy atom. The zero-order chi connectivity index (χ0) is 41.5. The summed E-state index contributed by atoms with van der Waals surface area (Å²) >= 11 is 1.41. The number of amides is 1. The van der Waals surface area contributed by atoms with E-state index in [-0.39, 0.29) is 56.4 Å². The molecule has 19 heteroatoms. The molecule has 3 N–H and O–H groups in total. The number of aliphatic hydroxyl groups excluding tert-OH is 1. The number of nitrogens with one attached hydrogen (secondary N) is 2. The Labute approximate surface area is 343 Å². The Morgan fingerprint density at radius 2 is 1.86 bits per heavy atom. The largest absolute Gasteiger partial charge is 0.481 e. The van der Waals surface area contributed by atoms with Crippen molar-refractivity contribution in [1.29, 1.82) is 0 Å². The van der Waals surface area contributed by atoms with Crippen LogP contribution >= 0.6 is 18.9 Å². The van der Waals surface area contributed by atoms with Crippen molar-refractivity contribution < 1.29 is 55.3 Å². The number of benzene rings is 1. The van der Waals surface area contributed by atoms with E-state index in [0.717, 1.165) is 33.6 Å². The number of thiazole rings is 1. The molecule has 2 saturated carbocycles. The standard InChI is InChI=1S/C39H56FN4O11PS2/c1-6-53-56(47,54-7-2)23-52-27-12-8-24(9-13-27)16-31(43-37(46)55-34-25-17-28-29(34)21-51-35(28)50-20-25)32(45)19-44(22-38(3,4)40)58(48,49)39(5)15-14-30-33(18-39)57-36(42-30)41-26-10-11-26/h8-9,12-15,25-26,28-29,31-32,34-35,45H,6-7,10-11,16-23H2,1-5H3,(H,41,42)(H,43,46)/t25?,28?,29?,31-,32+,34?,35?,39?/m0/s1. The number of aliphatic hydroxyl groups is 1. The predicted molar refractivity (Wildman–Crippen MR) is 216 cm³/mol. The monoisotopic (exact) mass is 870 g/mol. The van der Waals surface area contributed by atoms with Crippen molar-refractivity contribution in [3.63, 3.8) is 0 Å². The molecule has 2 aromatic rings. The molecule has 58 heavy (non-hydrogen) atoms. The van der Waals surface area contributed by atoms with E-state index in [9.17, 15) is 22.9 Å². The maximum absolute atomic E-state index is 15.5. The van der Waals surface area contributed by atoms with Gasteiger partial charge in [0.1, 0.15) is 22.3 Å². The van der Waals surface area contributed by atoms with Crippen LogP contribution in [0.3, 0.4) is 0 Å². The fourth-order valence-electron chi connectivity index (χ4n) is 8.27. The smallest absolute Gasteiger partial charge is 0.407 e. The van der Waals surface area contributed by atoms with Crippen molar-refractivity contribution in [3.05, 3.63) is 46.5 Å². The van der Waals surface area contributed by atoms with Gasteiger partial charge in [0.25, 0.3) is 0 Å². The highest BCUT2D eigenvalue weighted by molar-refractivity contribution is 7.90. The third-order valence-electron chi connectivity index (χ3n) is 11.3. The van der Waals surface area contributed by atoms with Gasteiger partial charge in [0.15, 0.2) is 17.8 Å². The van der Waals surface area contributed by atoms with Gasteiger partial charge in [-0.3, -0.25) is 4.57 Å². The minimum atomic E-state index is -4.32. The number of nitrogens with zero attached hydrogens (tertiary/aromatic N) is 2. The highest BCUT2D eigenvalue weighted by Gasteiger charge is 2.56. The molecule has 7 rings (SSSR count). The molecular weight excluding hydrogens is 815 g/mol. The number of fused-ring (bicyclic) bond motifs is 2. The second kappa shape index (κ2) is 17.4. The highest BCUT2D eigenvalue weighted by atomic mass is 32.2. The van der Waals surface area contributed by atoms with Crippen LogP contribution < -0.4 is 15.4 Å². The summed E-state index contributed by atoms with van der Waals surface area (Å²) in [5.74, 6) is 0.509. The molecule has 2 aliphatic heterocycles. The fourth-order valence-corrected chi connectivity index (χ4v) is 12.9. The molecule has 0 radical (unpaired) electrons. The lowest BCUT2D eigenvalue weighted by atomic mass is 9.98. The molecule has 322 valence electrons. The topological polar surface area (TPSA) is 184 Å².